The van der Waals surface area contributed by atoms with E-state index in [1.807, 2.05) is 6.07 Å². The molecule has 3 aromatic carbocycles. The predicted octanol–water partition coefficient (Wildman–Crippen LogP) is 3.82. The van der Waals surface area contributed by atoms with Crippen LogP contribution in [-0.4, -0.2) is 3.21 Å². The van der Waals surface area contributed by atoms with E-state index in [0.717, 1.165) is 6.42 Å². The number of rotatable bonds is 0. The minimum atomic E-state index is 0. The first kappa shape index (κ1) is 24.9. The van der Waals surface area contributed by atoms with Crippen molar-refractivity contribution in [3.8, 4) is 11.1 Å². The Bertz CT molecular complexity index is 849. The Morgan fingerprint density at radius 1 is 1.04 bits per heavy atom. The van der Waals surface area contributed by atoms with Crippen LogP contribution in [0.2, 0.25) is 0 Å². The van der Waals surface area contributed by atoms with E-state index in [1.54, 1.807) is 24.2 Å². The smallest absolute Gasteiger partial charge is 0.0253 e. The maximum atomic E-state index is 3.30. The van der Waals surface area contributed by atoms with Crippen molar-refractivity contribution in [2.24, 2.45) is 0 Å². The van der Waals surface area contributed by atoms with E-state index in [2.05, 4.69) is 102 Å². The van der Waals surface area contributed by atoms with Crippen LogP contribution >= 0.6 is 0 Å². The van der Waals surface area contributed by atoms with E-state index in [1.165, 1.54) is 36.6 Å². The molecule has 0 saturated carbocycles. The fraction of sp³-hybridized carbons (Fsp3) is 0.308. The molecule has 0 aromatic heterocycles. The van der Waals surface area contributed by atoms with E-state index in [4.69, 9.17) is 0 Å². The molecule has 4 rings (SSSR count). The molecule has 0 amide bonds. The molecule has 0 aliphatic heterocycles. The van der Waals surface area contributed by atoms with E-state index in [-0.39, 0.29) is 12.4 Å². The summed E-state index contributed by atoms with van der Waals surface area (Å²) >= 11 is 1.55. The molecule has 28 heavy (non-hydrogen) atoms. The normalized spacial score (nSPS) is 10.9. The maximum absolute atomic E-state index is 3.30. The summed E-state index contributed by atoms with van der Waals surface area (Å²) in [4.78, 5) is 0. The molecule has 0 spiro atoms. The fourth-order valence-electron chi connectivity index (χ4n) is 3.03. The summed E-state index contributed by atoms with van der Waals surface area (Å²) in [5, 5.41) is 0. The Balaban J connectivity index is 0.000000235. The summed E-state index contributed by atoms with van der Waals surface area (Å²) in [6.45, 7) is 13.1. The van der Waals surface area contributed by atoms with Crippen LogP contribution in [0.5, 0.6) is 0 Å². The van der Waals surface area contributed by atoms with Crippen LogP contribution in [0.25, 0.3) is 11.1 Å². The fourth-order valence-corrected chi connectivity index (χ4v) is 3.03. The molecule has 0 atom stereocenters. The molecule has 0 N–H and O–H groups in total. The minimum Gasteiger partial charge on any atom is -1.00 e. The summed E-state index contributed by atoms with van der Waals surface area (Å²) in [5.74, 6) is 0. The van der Waals surface area contributed by atoms with Crippen LogP contribution in [0.4, 0.5) is 0 Å². The molecular weight excluding hydrogens is 439 g/mol. The van der Waals surface area contributed by atoms with Crippen LogP contribution in [0.3, 0.4) is 0 Å². The van der Waals surface area contributed by atoms with Crippen molar-refractivity contribution in [2.75, 3.05) is 0 Å². The van der Waals surface area contributed by atoms with Crippen molar-refractivity contribution in [1.82, 2.24) is 0 Å². The molecule has 0 saturated heterocycles. The maximum Gasteiger partial charge on any atom is -0.0253 e. The molecular formula is C26H30ClZr-3. The second-order valence-corrected chi connectivity index (χ2v) is 10.8. The Kier molecular flexibility index (Phi) is 9.89. The first-order chi connectivity index (χ1) is 12.7. The van der Waals surface area contributed by atoms with Crippen LogP contribution in [0, 0.1) is 13.0 Å². The summed E-state index contributed by atoms with van der Waals surface area (Å²) < 4.78 is 1.51. The quantitative estimate of drug-likeness (QED) is 0.344. The van der Waals surface area contributed by atoms with Gasteiger partial charge < -0.3 is 12.4 Å². The van der Waals surface area contributed by atoms with E-state index in [0.29, 0.717) is 5.41 Å². The van der Waals surface area contributed by atoms with Gasteiger partial charge in [-0.1, -0.05) is 68.5 Å². The molecule has 1 aliphatic rings. The van der Waals surface area contributed by atoms with Gasteiger partial charge in [0.25, 0.3) is 0 Å². The topological polar surface area (TPSA) is 0 Å². The number of benzene rings is 2. The van der Waals surface area contributed by atoms with Crippen LogP contribution < -0.4 is 12.4 Å². The SMILES string of the molecule is C[C](C)=[Zr].Cc1cc(C(C)(C)C)c[cH-]1.[Cl-].[c-]1cccc2c1Cc1ccccc1-2. The van der Waals surface area contributed by atoms with E-state index in [9.17, 15) is 0 Å². The predicted molar refractivity (Wildman–Crippen MR) is 115 cm³/mol. The van der Waals surface area contributed by atoms with E-state index < -0.39 is 0 Å². The molecule has 3 aromatic rings. The van der Waals surface area contributed by atoms with Gasteiger partial charge in [0, 0.05) is 0 Å². The first-order valence-corrected chi connectivity index (χ1v) is 10.7. The van der Waals surface area contributed by atoms with Gasteiger partial charge in [-0.15, -0.1) is 5.56 Å². The second kappa shape index (κ2) is 11.1. The van der Waals surface area contributed by atoms with Crippen LogP contribution in [-0.2, 0) is 36.1 Å². The minimum absolute atomic E-state index is 0. The van der Waals surface area contributed by atoms with Crippen molar-refractivity contribution in [3.63, 3.8) is 0 Å². The molecule has 1 aliphatic carbocycles. The largest absolute Gasteiger partial charge is 1.00 e. The van der Waals surface area contributed by atoms with Crippen molar-refractivity contribution < 1.29 is 36.6 Å². The van der Waals surface area contributed by atoms with Crippen LogP contribution in [0.1, 0.15) is 56.9 Å². The van der Waals surface area contributed by atoms with Crippen LogP contribution in [0.15, 0.2) is 60.7 Å². The second-order valence-electron chi connectivity index (χ2n) is 8.32. The van der Waals surface area contributed by atoms with Gasteiger partial charge in [0.05, 0.1) is 0 Å². The summed E-state index contributed by atoms with van der Waals surface area (Å²) in [6, 6.07) is 24.7. The number of hydrogen-bond donors (Lipinski definition) is 0. The molecule has 2 heteroatoms. The van der Waals surface area contributed by atoms with Gasteiger partial charge in [-0.05, 0) is 6.42 Å². The zero-order valence-corrected chi connectivity index (χ0v) is 21.1. The molecule has 0 heterocycles. The Morgan fingerprint density at radius 2 is 1.64 bits per heavy atom. The third kappa shape index (κ3) is 7.34. The average Bonchev–Trinajstić information content (AvgIpc) is 3.18. The zero-order valence-electron chi connectivity index (χ0n) is 17.9. The van der Waals surface area contributed by atoms with Crippen molar-refractivity contribution in [2.45, 2.75) is 53.4 Å². The molecule has 0 bridgehead atoms. The van der Waals surface area contributed by atoms with Crippen molar-refractivity contribution in [1.29, 1.82) is 0 Å². The molecule has 0 fully saturated rings. The third-order valence-corrected chi connectivity index (χ3v) is 4.39. The Labute approximate surface area is 192 Å². The van der Waals surface area contributed by atoms with E-state index >= 15 is 0 Å². The monoisotopic (exact) mass is 467 g/mol. The average molecular weight is 469 g/mol. The number of fused-ring (bicyclic) bond motifs is 3. The number of aryl methyl sites for hydroxylation is 1. The Hall–Kier alpha value is -1.17. The van der Waals surface area contributed by atoms with Gasteiger partial charge in [-0.25, -0.2) is 6.07 Å². The van der Waals surface area contributed by atoms with Crippen molar-refractivity contribution in [3.05, 3.63) is 89.0 Å². The molecule has 0 radical (unpaired) electrons. The van der Waals surface area contributed by atoms with Crippen molar-refractivity contribution >= 4 is 3.21 Å². The van der Waals surface area contributed by atoms with Gasteiger partial charge in [-0.3, -0.25) is 0 Å². The van der Waals surface area contributed by atoms with Gasteiger partial charge in [0.2, 0.25) is 0 Å². The number of hydrogen-bond acceptors (Lipinski definition) is 0. The van der Waals surface area contributed by atoms with Gasteiger partial charge in [0.15, 0.2) is 0 Å². The summed E-state index contributed by atoms with van der Waals surface area (Å²) in [6.07, 6.45) is 1.05. The number of halogens is 1. The first-order valence-electron chi connectivity index (χ1n) is 9.52. The zero-order chi connectivity index (χ0) is 20.0. The molecule has 0 unspecified atom stereocenters. The van der Waals surface area contributed by atoms with Gasteiger partial charge in [-0.2, -0.15) is 53.1 Å². The summed E-state index contributed by atoms with van der Waals surface area (Å²) in [5.41, 5.74) is 8.62. The molecule has 0 nitrogen and oxygen atoms in total. The standard InChI is InChI=1S/C13H9.C10H15.C3H6.ClH.Zr/c1-3-7-12-10(5-1)9-11-6-2-4-8-13(11)12;1-8-5-6-9(7-8)10(2,3)4;1-3-2;;/h1-5,7-8H,9H2;5-7H,1-4H3;1-2H3;1H;/q2*-1;;;/p-1. The summed E-state index contributed by atoms with van der Waals surface area (Å²) in [7, 11) is 0. The molecule has 148 valence electrons. The van der Waals surface area contributed by atoms with Gasteiger partial charge >= 0.3 is 41.3 Å². The van der Waals surface area contributed by atoms with Gasteiger partial charge in [0.1, 0.15) is 0 Å². The Morgan fingerprint density at radius 3 is 2.18 bits per heavy atom. The third-order valence-electron chi connectivity index (χ3n) is 4.39.